The molecule has 1 aromatic heterocycles. The van der Waals surface area contributed by atoms with Gasteiger partial charge in [-0.2, -0.15) is 5.10 Å². The number of hydrogen-bond acceptors (Lipinski definition) is 5. The summed E-state index contributed by atoms with van der Waals surface area (Å²) in [5.74, 6) is 1.63. The number of anilines is 1. The predicted molar refractivity (Wildman–Crippen MR) is 116 cm³/mol. The summed E-state index contributed by atoms with van der Waals surface area (Å²) >= 11 is 0. The van der Waals surface area contributed by atoms with Crippen LogP contribution in [-0.4, -0.2) is 51.9 Å². The molecule has 1 amide bonds. The summed E-state index contributed by atoms with van der Waals surface area (Å²) in [6.45, 7) is 5.25. The molecule has 0 bridgehead atoms. The van der Waals surface area contributed by atoms with Crippen molar-refractivity contribution >= 4 is 11.8 Å². The second-order valence-electron chi connectivity index (χ2n) is 7.52. The maximum atomic E-state index is 12.5. The molecule has 2 aromatic carbocycles. The molecule has 30 heavy (non-hydrogen) atoms. The third-order valence-corrected chi connectivity index (χ3v) is 5.32. The number of aryl methyl sites for hydroxylation is 2. The number of carbonyl (C=O) groups excluding carboxylic acids is 1. The van der Waals surface area contributed by atoms with Crippen LogP contribution in [-0.2, 0) is 18.4 Å². The minimum Gasteiger partial charge on any atom is -0.445 e. The van der Waals surface area contributed by atoms with Crippen LogP contribution in [0.15, 0.2) is 54.6 Å². The summed E-state index contributed by atoms with van der Waals surface area (Å²) in [5.41, 5.74) is 3.19. The zero-order valence-electron chi connectivity index (χ0n) is 17.5. The van der Waals surface area contributed by atoms with Crippen LogP contribution in [0.5, 0.6) is 0 Å². The Morgan fingerprint density at radius 2 is 1.77 bits per heavy atom. The van der Waals surface area contributed by atoms with Crippen LogP contribution in [0.4, 0.5) is 10.5 Å². The van der Waals surface area contributed by atoms with E-state index in [4.69, 9.17) is 4.74 Å². The Hall–Kier alpha value is -3.35. The second kappa shape index (κ2) is 8.98. The first kappa shape index (κ1) is 19.9. The van der Waals surface area contributed by atoms with Crippen molar-refractivity contribution in [1.82, 2.24) is 19.7 Å². The van der Waals surface area contributed by atoms with Gasteiger partial charge in [0.25, 0.3) is 0 Å². The number of ether oxygens (including phenoxy) is 1. The molecule has 0 atom stereocenters. The van der Waals surface area contributed by atoms with Gasteiger partial charge in [0.05, 0.1) is 0 Å². The van der Waals surface area contributed by atoms with E-state index in [0.717, 1.165) is 48.0 Å². The lowest BCUT2D eigenvalue weighted by Gasteiger charge is -2.23. The summed E-state index contributed by atoms with van der Waals surface area (Å²) in [6, 6.07) is 18.2. The highest BCUT2D eigenvalue weighted by Crippen LogP contribution is 2.23. The van der Waals surface area contributed by atoms with E-state index in [-0.39, 0.29) is 6.09 Å². The lowest BCUT2D eigenvalue weighted by Crippen LogP contribution is -2.35. The maximum Gasteiger partial charge on any atom is 0.410 e. The molecule has 1 saturated heterocycles. The van der Waals surface area contributed by atoms with E-state index < -0.39 is 0 Å². The van der Waals surface area contributed by atoms with Gasteiger partial charge in [0.15, 0.2) is 5.82 Å². The second-order valence-corrected chi connectivity index (χ2v) is 7.52. The number of aromatic nitrogens is 3. The van der Waals surface area contributed by atoms with Crippen LogP contribution in [0.1, 0.15) is 17.8 Å². The number of carbonyl (C=O) groups is 1. The molecule has 1 aliphatic heterocycles. The van der Waals surface area contributed by atoms with Gasteiger partial charge in [-0.3, -0.25) is 0 Å². The van der Waals surface area contributed by atoms with E-state index >= 15 is 0 Å². The summed E-state index contributed by atoms with van der Waals surface area (Å²) in [5, 5.41) is 4.32. The van der Waals surface area contributed by atoms with E-state index in [1.54, 1.807) is 9.58 Å². The molecule has 3 aromatic rings. The fourth-order valence-electron chi connectivity index (χ4n) is 3.75. The van der Waals surface area contributed by atoms with Crippen molar-refractivity contribution in [2.24, 2.45) is 7.05 Å². The van der Waals surface area contributed by atoms with Crippen LogP contribution in [0.3, 0.4) is 0 Å². The number of amides is 1. The minimum absolute atomic E-state index is 0.242. The molecule has 0 radical (unpaired) electrons. The fraction of sp³-hybridized carbons (Fsp3) is 0.348. The number of nitrogens with zero attached hydrogens (tertiary/aromatic N) is 5. The van der Waals surface area contributed by atoms with Gasteiger partial charge in [0.1, 0.15) is 12.4 Å². The van der Waals surface area contributed by atoms with Crippen molar-refractivity contribution in [2.45, 2.75) is 20.0 Å². The van der Waals surface area contributed by atoms with Gasteiger partial charge in [0, 0.05) is 44.5 Å². The third kappa shape index (κ3) is 4.62. The molecular formula is C23H27N5O2. The quantitative estimate of drug-likeness (QED) is 0.663. The Bertz CT molecular complexity index is 985. The highest BCUT2D eigenvalue weighted by atomic mass is 16.6. The number of rotatable bonds is 4. The maximum absolute atomic E-state index is 12.5. The van der Waals surface area contributed by atoms with Crippen molar-refractivity contribution in [3.63, 3.8) is 0 Å². The summed E-state index contributed by atoms with van der Waals surface area (Å²) in [7, 11) is 1.91. The summed E-state index contributed by atoms with van der Waals surface area (Å²) in [6.07, 6.45) is 0.665. The predicted octanol–water partition coefficient (Wildman–Crippen LogP) is 3.64. The SMILES string of the molecule is Cc1nc(-c2ccc(N3CCCN(C(=O)OCc4ccccc4)CC3)cc2)n(C)n1. The van der Waals surface area contributed by atoms with Crippen LogP contribution in [0, 0.1) is 6.92 Å². The Kier molecular flexibility index (Phi) is 5.97. The van der Waals surface area contributed by atoms with Crippen LogP contribution in [0.25, 0.3) is 11.4 Å². The van der Waals surface area contributed by atoms with Crippen molar-refractivity contribution in [2.75, 3.05) is 31.1 Å². The van der Waals surface area contributed by atoms with E-state index in [2.05, 4.69) is 39.2 Å². The first-order valence-corrected chi connectivity index (χ1v) is 10.3. The Balaban J connectivity index is 1.34. The molecule has 0 N–H and O–H groups in total. The number of benzene rings is 2. The number of hydrogen-bond donors (Lipinski definition) is 0. The molecule has 0 unspecified atom stereocenters. The summed E-state index contributed by atoms with van der Waals surface area (Å²) < 4.78 is 7.30. The standard InChI is InChI=1S/C23H27N5O2/c1-18-24-22(26(2)25-18)20-9-11-21(12-10-20)27-13-6-14-28(16-15-27)23(29)30-17-19-7-4-3-5-8-19/h3-5,7-12H,6,13-17H2,1-2H3. The van der Waals surface area contributed by atoms with Crippen molar-refractivity contribution in [3.8, 4) is 11.4 Å². The molecule has 0 spiro atoms. The highest BCUT2D eigenvalue weighted by Gasteiger charge is 2.20. The zero-order valence-corrected chi connectivity index (χ0v) is 17.5. The molecule has 0 aliphatic carbocycles. The lowest BCUT2D eigenvalue weighted by atomic mass is 10.2. The largest absolute Gasteiger partial charge is 0.445 e. The van der Waals surface area contributed by atoms with Gasteiger partial charge in [-0.15, -0.1) is 0 Å². The molecular weight excluding hydrogens is 378 g/mol. The average Bonchev–Trinajstić information content (AvgIpc) is 2.96. The van der Waals surface area contributed by atoms with Gasteiger partial charge in [0.2, 0.25) is 0 Å². The zero-order chi connectivity index (χ0) is 20.9. The third-order valence-electron chi connectivity index (χ3n) is 5.32. The first-order chi connectivity index (χ1) is 14.6. The molecule has 2 heterocycles. The minimum atomic E-state index is -0.242. The average molecular weight is 406 g/mol. The molecule has 156 valence electrons. The van der Waals surface area contributed by atoms with Crippen LogP contribution >= 0.6 is 0 Å². The van der Waals surface area contributed by atoms with Gasteiger partial charge in [-0.05, 0) is 43.2 Å². The molecule has 0 saturated carbocycles. The highest BCUT2D eigenvalue weighted by molar-refractivity contribution is 5.68. The molecule has 1 fully saturated rings. The van der Waals surface area contributed by atoms with Gasteiger partial charge in [-0.1, -0.05) is 30.3 Å². The van der Waals surface area contributed by atoms with Crippen LogP contribution in [0.2, 0.25) is 0 Å². The molecule has 7 heteroatoms. The van der Waals surface area contributed by atoms with Gasteiger partial charge < -0.3 is 14.5 Å². The smallest absolute Gasteiger partial charge is 0.410 e. The van der Waals surface area contributed by atoms with Crippen molar-refractivity contribution in [1.29, 1.82) is 0 Å². The van der Waals surface area contributed by atoms with E-state index in [9.17, 15) is 4.79 Å². The van der Waals surface area contributed by atoms with E-state index in [1.165, 1.54) is 0 Å². The fourth-order valence-corrected chi connectivity index (χ4v) is 3.75. The topological polar surface area (TPSA) is 63.5 Å². The van der Waals surface area contributed by atoms with Gasteiger partial charge >= 0.3 is 6.09 Å². The van der Waals surface area contributed by atoms with Crippen molar-refractivity contribution < 1.29 is 9.53 Å². The first-order valence-electron chi connectivity index (χ1n) is 10.3. The Labute approximate surface area is 176 Å². The Morgan fingerprint density at radius 3 is 2.47 bits per heavy atom. The van der Waals surface area contributed by atoms with Gasteiger partial charge in [-0.25, -0.2) is 14.5 Å². The lowest BCUT2D eigenvalue weighted by molar-refractivity contribution is 0.0986. The molecule has 4 rings (SSSR count). The van der Waals surface area contributed by atoms with Crippen molar-refractivity contribution in [3.05, 3.63) is 66.0 Å². The Morgan fingerprint density at radius 1 is 1.00 bits per heavy atom. The molecule has 7 nitrogen and oxygen atoms in total. The monoisotopic (exact) mass is 405 g/mol. The summed E-state index contributed by atoms with van der Waals surface area (Å²) in [4.78, 5) is 21.1. The van der Waals surface area contributed by atoms with E-state index in [1.807, 2.05) is 44.3 Å². The van der Waals surface area contributed by atoms with Crippen LogP contribution < -0.4 is 4.90 Å². The molecule has 1 aliphatic rings. The van der Waals surface area contributed by atoms with E-state index in [0.29, 0.717) is 19.7 Å². The normalized spacial score (nSPS) is 14.5.